The Balaban J connectivity index is 1.89. The first kappa shape index (κ1) is 17.0. The third kappa shape index (κ3) is 4.84. The first-order chi connectivity index (χ1) is 10.4. The molecule has 0 spiro atoms. The van der Waals surface area contributed by atoms with Crippen molar-refractivity contribution in [2.45, 2.75) is 65.0 Å². The molecule has 0 heterocycles. The first-order valence-corrected chi connectivity index (χ1v) is 8.39. The van der Waals surface area contributed by atoms with Gasteiger partial charge in [0.15, 0.2) is 0 Å². The second-order valence-corrected chi connectivity index (χ2v) is 7.66. The van der Waals surface area contributed by atoms with Crippen LogP contribution in [0.25, 0.3) is 0 Å². The van der Waals surface area contributed by atoms with Crippen molar-refractivity contribution in [1.82, 2.24) is 5.32 Å². The van der Waals surface area contributed by atoms with E-state index in [9.17, 15) is 9.90 Å². The molecule has 0 radical (unpaired) electrons. The van der Waals surface area contributed by atoms with E-state index < -0.39 is 12.0 Å². The summed E-state index contributed by atoms with van der Waals surface area (Å²) in [6.45, 7) is 6.92. The molecule has 0 saturated heterocycles. The van der Waals surface area contributed by atoms with E-state index >= 15 is 0 Å². The van der Waals surface area contributed by atoms with Crippen LogP contribution in [-0.2, 0) is 11.2 Å². The zero-order valence-corrected chi connectivity index (χ0v) is 14.0. The van der Waals surface area contributed by atoms with Gasteiger partial charge >= 0.3 is 5.97 Å². The molecule has 1 aliphatic carbocycles. The molecule has 1 atom stereocenters. The average molecular weight is 303 g/mol. The highest BCUT2D eigenvalue weighted by atomic mass is 16.4. The second kappa shape index (κ2) is 7.28. The SMILES string of the molecule is CC(C)(C)C1CCC(N[C@H](Cc2ccccc2)C(=O)O)CC1. The summed E-state index contributed by atoms with van der Waals surface area (Å²) in [5.41, 5.74) is 1.44. The Morgan fingerprint density at radius 2 is 1.77 bits per heavy atom. The maximum absolute atomic E-state index is 11.5. The fourth-order valence-corrected chi connectivity index (χ4v) is 3.48. The predicted octanol–water partition coefficient (Wildman–Crippen LogP) is 3.88. The summed E-state index contributed by atoms with van der Waals surface area (Å²) in [6.07, 6.45) is 5.11. The maximum atomic E-state index is 11.5. The van der Waals surface area contributed by atoms with Crippen LogP contribution in [0.3, 0.4) is 0 Å². The normalized spacial score (nSPS) is 24.0. The van der Waals surface area contributed by atoms with Crippen LogP contribution in [0.1, 0.15) is 52.0 Å². The van der Waals surface area contributed by atoms with Gasteiger partial charge in [-0.2, -0.15) is 0 Å². The van der Waals surface area contributed by atoms with Gasteiger partial charge in [-0.1, -0.05) is 51.1 Å². The first-order valence-electron chi connectivity index (χ1n) is 8.39. The summed E-state index contributed by atoms with van der Waals surface area (Å²) >= 11 is 0. The number of nitrogens with one attached hydrogen (secondary N) is 1. The number of carboxylic acids is 1. The summed E-state index contributed by atoms with van der Waals surface area (Å²) in [4.78, 5) is 11.5. The van der Waals surface area contributed by atoms with E-state index in [2.05, 4.69) is 26.1 Å². The Labute approximate surface area is 134 Å². The average Bonchev–Trinajstić information content (AvgIpc) is 2.47. The molecule has 0 aromatic heterocycles. The molecule has 0 bridgehead atoms. The summed E-state index contributed by atoms with van der Waals surface area (Å²) in [6, 6.07) is 9.72. The summed E-state index contributed by atoms with van der Waals surface area (Å²) < 4.78 is 0. The summed E-state index contributed by atoms with van der Waals surface area (Å²) in [7, 11) is 0. The lowest BCUT2D eigenvalue weighted by Gasteiger charge is -2.38. The van der Waals surface area contributed by atoms with Gasteiger partial charge in [0.2, 0.25) is 0 Å². The lowest BCUT2D eigenvalue weighted by atomic mass is 9.71. The molecule has 1 aliphatic rings. The molecule has 1 saturated carbocycles. The maximum Gasteiger partial charge on any atom is 0.321 e. The number of rotatable bonds is 5. The molecular weight excluding hydrogens is 274 g/mol. The van der Waals surface area contributed by atoms with Gasteiger partial charge in [0.1, 0.15) is 6.04 Å². The van der Waals surface area contributed by atoms with E-state index in [-0.39, 0.29) is 0 Å². The topological polar surface area (TPSA) is 49.3 Å². The molecular formula is C19H29NO2. The van der Waals surface area contributed by atoms with Crippen LogP contribution in [0.5, 0.6) is 0 Å². The molecule has 3 heteroatoms. The van der Waals surface area contributed by atoms with Crippen molar-refractivity contribution in [3.8, 4) is 0 Å². The smallest absolute Gasteiger partial charge is 0.321 e. The quantitative estimate of drug-likeness (QED) is 0.868. The van der Waals surface area contributed by atoms with Crippen LogP contribution in [0, 0.1) is 11.3 Å². The van der Waals surface area contributed by atoms with Gasteiger partial charge in [0.25, 0.3) is 0 Å². The Bertz CT molecular complexity index is 470. The van der Waals surface area contributed by atoms with Crippen molar-refractivity contribution >= 4 is 5.97 Å². The number of carbonyl (C=O) groups is 1. The van der Waals surface area contributed by atoms with Crippen LogP contribution in [0.15, 0.2) is 30.3 Å². The fraction of sp³-hybridized carbons (Fsp3) is 0.632. The predicted molar refractivity (Wildman–Crippen MR) is 89.9 cm³/mol. The summed E-state index contributed by atoms with van der Waals surface area (Å²) in [5.74, 6) is 0.00440. The van der Waals surface area contributed by atoms with E-state index in [1.807, 2.05) is 30.3 Å². The van der Waals surface area contributed by atoms with Crippen molar-refractivity contribution in [3.63, 3.8) is 0 Å². The highest BCUT2D eigenvalue weighted by Gasteiger charge is 2.31. The van der Waals surface area contributed by atoms with Gasteiger partial charge < -0.3 is 10.4 Å². The lowest BCUT2D eigenvalue weighted by Crippen LogP contribution is -2.46. The molecule has 3 nitrogen and oxygen atoms in total. The van der Waals surface area contributed by atoms with Gasteiger partial charge in [0.05, 0.1) is 0 Å². The number of benzene rings is 1. The largest absolute Gasteiger partial charge is 0.480 e. The highest BCUT2D eigenvalue weighted by Crippen LogP contribution is 2.37. The van der Waals surface area contributed by atoms with E-state index in [0.29, 0.717) is 17.9 Å². The summed E-state index contributed by atoms with van der Waals surface area (Å²) in [5, 5.41) is 12.9. The minimum absolute atomic E-state index is 0.336. The Kier molecular flexibility index (Phi) is 5.63. The van der Waals surface area contributed by atoms with Crippen LogP contribution in [0.4, 0.5) is 0 Å². The van der Waals surface area contributed by atoms with E-state index in [0.717, 1.165) is 24.3 Å². The van der Waals surface area contributed by atoms with Crippen molar-refractivity contribution in [1.29, 1.82) is 0 Å². The monoisotopic (exact) mass is 303 g/mol. The second-order valence-electron chi connectivity index (χ2n) is 7.66. The Morgan fingerprint density at radius 1 is 1.18 bits per heavy atom. The standard InChI is InChI=1S/C19H29NO2/c1-19(2,3)15-9-11-16(12-10-15)20-17(18(21)22)13-14-7-5-4-6-8-14/h4-8,15-17,20H,9-13H2,1-3H3,(H,21,22)/t15?,16?,17-/m1/s1. The molecule has 2 rings (SSSR count). The minimum atomic E-state index is -0.748. The van der Waals surface area contributed by atoms with Crippen LogP contribution >= 0.6 is 0 Å². The third-order valence-electron chi connectivity index (χ3n) is 4.97. The number of aliphatic carboxylic acids is 1. The van der Waals surface area contributed by atoms with Crippen LogP contribution in [-0.4, -0.2) is 23.2 Å². The number of hydrogen-bond acceptors (Lipinski definition) is 2. The van der Waals surface area contributed by atoms with E-state index in [1.165, 1.54) is 12.8 Å². The molecule has 1 aromatic rings. The van der Waals surface area contributed by atoms with Gasteiger partial charge in [-0.25, -0.2) is 0 Å². The number of carboxylic acid groups (broad SMARTS) is 1. The zero-order valence-electron chi connectivity index (χ0n) is 14.0. The van der Waals surface area contributed by atoms with E-state index in [1.54, 1.807) is 0 Å². The molecule has 0 unspecified atom stereocenters. The van der Waals surface area contributed by atoms with Gasteiger partial charge in [-0.15, -0.1) is 0 Å². The minimum Gasteiger partial charge on any atom is -0.480 e. The van der Waals surface area contributed by atoms with Crippen molar-refractivity contribution in [2.75, 3.05) is 0 Å². The van der Waals surface area contributed by atoms with Crippen molar-refractivity contribution in [3.05, 3.63) is 35.9 Å². The van der Waals surface area contributed by atoms with Gasteiger partial charge in [0, 0.05) is 6.04 Å². The van der Waals surface area contributed by atoms with Crippen molar-refractivity contribution in [2.24, 2.45) is 11.3 Å². The molecule has 2 N–H and O–H groups in total. The van der Waals surface area contributed by atoms with Gasteiger partial charge in [-0.3, -0.25) is 4.79 Å². The zero-order chi connectivity index (χ0) is 16.2. The molecule has 0 aliphatic heterocycles. The molecule has 122 valence electrons. The van der Waals surface area contributed by atoms with E-state index in [4.69, 9.17) is 0 Å². The third-order valence-corrected chi connectivity index (χ3v) is 4.97. The molecule has 1 aromatic carbocycles. The number of hydrogen-bond donors (Lipinski definition) is 2. The molecule has 1 fully saturated rings. The molecule has 0 amide bonds. The fourth-order valence-electron chi connectivity index (χ4n) is 3.48. The molecule has 22 heavy (non-hydrogen) atoms. The van der Waals surface area contributed by atoms with Crippen molar-refractivity contribution < 1.29 is 9.90 Å². The Morgan fingerprint density at radius 3 is 2.27 bits per heavy atom. The Hall–Kier alpha value is -1.35. The van der Waals surface area contributed by atoms with Crippen LogP contribution in [0.2, 0.25) is 0 Å². The highest BCUT2D eigenvalue weighted by molar-refractivity contribution is 5.74. The lowest BCUT2D eigenvalue weighted by molar-refractivity contribution is -0.139. The van der Waals surface area contributed by atoms with Gasteiger partial charge in [-0.05, 0) is 49.0 Å². The van der Waals surface area contributed by atoms with Crippen LogP contribution < -0.4 is 5.32 Å².